The van der Waals surface area contributed by atoms with Gasteiger partial charge >= 0.3 is 6.18 Å². The van der Waals surface area contributed by atoms with Crippen LogP contribution in [0, 0.1) is 0 Å². The molecule has 2 N–H and O–H groups in total. The minimum Gasteiger partial charge on any atom is -0.389 e. The van der Waals surface area contributed by atoms with Crippen LogP contribution in [-0.4, -0.2) is 25.7 Å². The van der Waals surface area contributed by atoms with Crippen LogP contribution < -0.4 is 4.72 Å². The molecule has 0 heterocycles. The standard InChI is InChI=1S/C12H13ClF3NO3S/c13-10-3-2-8(6-9(10)12(14,15)16)21(19,20)17-7-11(18)4-1-5-11/h2-3,6,17-18H,1,4-5,7H2. The number of alkyl halides is 3. The second kappa shape index (κ2) is 5.42. The Kier molecular flexibility index (Phi) is 4.27. The van der Waals surface area contributed by atoms with Crippen LogP contribution in [0.1, 0.15) is 24.8 Å². The molecule has 1 saturated carbocycles. The van der Waals surface area contributed by atoms with Crippen LogP contribution in [0.25, 0.3) is 0 Å². The summed E-state index contributed by atoms with van der Waals surface area (Å²) in [6.07, 6.45) is -3.03. The molecule has 0 atom stereocenters. The first-order valence-corrected chi connectivity index (χ1v) is 7.98. The lowest BCUT2D eigenvalue weighted by Crippen LogP contribution is -2.47. The van der Waals surface area contributed by atoms with E-state index in [9.17, 15) is 26.7 Å². The van der Waals surface area contributed by atoms with Gasteiger partial charge in [-0.25, -0.2) is 13.1 Å². The van der Waals surface area contributed by atoms with Gasteiger partial charge in [-0.15, -0.1) is 0 Å². The van der Waals surface area contributed by atoms with Crippen LogP contribution in [0.5, 0.6) is 0 Å². The van der Waals surface area contributed by atoms with Crippen molar-refractivity contribution in [3.8, 4) is 0 Å². The van der Waals surface area contributed by atoms with Crippen LogP contribution in [0.3, 0.4) is 0 Å². The van der Waals surface area contributed by atoms with Crippen molar-refractivity contribution in [2.24, 2.45) is 0 Å². The normalized spacial score (nSPS) is 18.3. The third kappa shape index (κ3) is 3.68. The van der Waals surface area contributed by atoms with Gasteiger partial charge in [-0.1, -0.05) is 11.6 Å². The van der Waals surface area contributed by atoms with Gasteiger partial charge in [0.2, 0.25) is 10.0 Å². The molecule has 1 aromatic rings. The van der Waals surface area contributed by atoms with Crippen molar-refractivity contribution < 1.29 is 26.7 Å². The van der Waals surface area contributed by atoms with Crippen molar-refractivity contribution in [1.29, 1.82) is 0 Å². The number of rotatable bonds is 4. The van der Waals surface area contributed by atoms with Crippen molar-refractivity contribution in [2.75, 3.05) is 6.54 Å². The third-order valence-electron chi connectivity index (χ3n) is 3.43. The molecule has 9 heteroatoms. The van der Waals surface area contributed by atoms with Crippen molar-refractivity contribution in [3.63, 3.8) is 0 Å². The predicted molar refractivity (Wildman–Crippen MR) is 70.4 cm³/mol. The number of aliphatic hydroxyl groups is 1. The van der Waals surface area contributed by atoms with Gasteiger partial charge in [0.25, 0.3) is 0 Å². The molecule has 2 rings (SSSR count). The van der Waals surface area contributed by atoms with Crippen molar-refractivity contribution >= 4 is 21.6 Å². The molecule has 4 nitrogen and oxygen atoms in total. The van der Waals surface area contributed by atoms with E-state index >= 15 is 0 Å². The fourth-order valence-electron chi connectivity index (χ4n) is 1.96. The summed E-state index contributed by atoms with van der Waals surface area (Å²) < 4.78 is 64.2. The van der Waals surface area contributed by atoms with Gasteiger partial charge in [0.1, 0.15) is 0 Å². The first kappa shape index (κ1) is 16.5. The van der Waals surface area contributed by atoms with Crippen molar-refractivity contribution in [2.45, 2.75) is 35.9 Å². The van der Waals surface area contributed by atoms with E-state index in [4.69, 9.17) is 11.6 Å². The summed E-state index contributed by atoms with van der Waals surface area (Å²) in [5, 5.41) is 9.25. The molecule has 0 radical (unpaired) electrons. The molecular formula is C12H13ClF3NO3S. The van der Waals surface area contributed by atoms with Gasteiger partial charge in [-0.3, -0.25) is 0 Å². The lowest BCUT2D eigenvalue weighted by atomic mass is 9.81. The average molecular weight is 344 g/mol. The van der Waals surface area contributed by atoms with E-state index in [1.165, 1.54) is 0 Å². The van der Waals surface area contributed by atoms with Crippen molar-refractivity contribution in [1.82, 2.24) is 4.72 Å². The minimum atomic E-state index is -4.74. The number of nitrogens with one attached hydrogen (secondary N) is 1. The highest BCUT2D eigenvalue weighted by molar-refractivity contribution is 7.89. The van der Waals surface area contributed by atoms with E-state index in [0.717, 1.165) is 18.6 Å². The Balaban J connectivity index is 2.24. The van der Waals surface area contributed by atoms with Gasteiger partial charge in [-0.2, -0.15) is 13.2 Å². The van der Waals surface area contributed by atoms with Crippen LogP contribution >= 0.6 is 11.6 Å². The average Bonchev–Trinajstić information content (AvgIpc) is 2.33. The fraction of sp³-hybridized carbons (Fsp3) is 0.500. The quantitative estimate of drug-likeness (QED) is 0.883. The lowest BCUT2D eigenvalue weighted by Gasteiger charge is -2.36. The van der Waals surface area contributed by atoms with Gasteiger partial charge < -0.3 is 5.11 Å². The second-order valence-electron chi connectivity index (χ2n) is 5.04. The summed E-state index contributed by atoms with van der Waals surface area (Å²) in [5.41, 5.74) is -2.32. The molecule has 21 heavy (non-hydrogen) atoms. The third-order valence-corrected chi connectivity index (χ3v) is 5.16. The Hall–Kier alpha value is -0.830. The van der Waals surface area contributed by atoms with E-state index in [0.29, 0.717) is 18.9 Å². The second-order valence-corrected chi connectivity index (χ2v) is 7.22. The van der Waals surface area contributed by atoms with Gasteiger partial charge in [0.05, 0.1) is 21.1 Å². The van der Waals surface area contributed by atoms with E-state index in [-0.39, 0.29) is 6.54 Å². The molecule has 1 aliphatic carbocycles. The van der Waals surface area contributed by atoms with Gasteiger partial charge in [0, 0.05) is 6.54 Å². The molecule has 1 fully saturated rings. The molecule has 1 aliphatic rings. The van der Waals surface area contributed by atoms with Crippen molar-refractivity contribution in [3.05, 3.63) is 28.8 Å². The van der Waals surface area contributed by atoms with Crippen LogP contribution in [0.4, 0.5) is 13.2 Å². The fourth-order valence-corrected chi connectivity index (χ4v) is 3.33. The highest BCUT2D eigenvalue weighted by Gasteiger charge is 2.37. The maximum atomic E-state index is 12.7. The van der Waals surface area contributed by atoms with Gasteiger partial charge in [0.15, 0.2) is 0 Å². The van der Waals surface area contributed by atoms with Gasteiger partial charge in [-0.05, 0) is 37.5 Å². The predicted octanol–water partition coefficient (Wildman–Crippen LogP) is 2.55. The molecule has 0 aliphatic heterocycles. The highest BCUT2D eigenvalue weighted by Crippen LogP contribution is 2.36. The Morgan fingerprint density at radius 3 is 2.43 bits per heavy atom. The Labute approximate surface area is 125 Å². The summed E-state index contributed by atoms with van der Waals surface area (Å²) in [6.45, 7) is -0.223. The zero-order chi connectivity index (χ0) is 15.9. The molecule has 118 valence electrons. The maximum Gasteiger partial charge on any atom is 0.417 e. The lowest BCUT2D eigenvalue weighted by molar-refractivity contribution is -0.137. The Bertz CT molecular complexity index is 642. The van der Waals surface area contributed by atoms with Crippen LogP contribution in [-0.2, 0) is 16.2 Å². The minimum absolute atomic E-state index is 0.223. The largest absolute Gasteiger partial charge is 0.417 e. The maximum absolute atomic E-state index is 12.7. The van der Waals surface area contributed by atoms with E-state index in [1.54, 1.807) is 0 Å². The molecule has 0 spiro atoms. The molecule has 0 unspecified atom stereocenters. The molecular weight excluding hydrogens is 331 g/mol. The first-order chi connectivity index (χ1) is 9.54. The number of halogens is 4. The smallest absolute Gasteiger partial charge is 0.389 e. The van der Waals surface area contributed by atoms with E-state index in [2.05, 4.69) is 4.72 Å². The monoisotopic (exact) mass is 343 g/mol. The Morgan fingerprint density at radius 1 is 1.33 bits per heavy atom. The molecule has 0 aromatic heterocycles. The molecule has 0 amide bonds. The molecule has 0 saturated heterocycles. The van der Waals surface area contributed by atoms with E-state index in [1.807, 2.05) is 0 Å². The molecule has 0 bridgehead atoms. The Morgan fingerprint density at radius 2 is 1.95 bits per heavy atom. The number of benzene rings is 1. The van der Waals surface area contributed by atoms with Crippen LogP contribution in [0.2, 0.25) is 5.02 Å². The van der Waals surface area contributed by atoms with Crippen LogP contribution in [0.15, 0.2) is 23.1 Å². The van der Waals surface area contributed by atoms with E-state index < -0.39 is 37.3 Å². The summed E-state index contributed by atoms with van der Waals surface area (Å²) >= 11 is 5.44. The number of hydrogen-bond donors (Lipinski definition) is 2. The number of hydrogen-bond acceptors (Lipinski definition) is 3. The zero-order valence-corrected chi connectivity index (χ0v) is 12.3. The zero-order valence-electron chi connectivity index (χ0n) is 10.7. The number of sulfonamides is 1. The summed E-state index contributed by atoms with van der Waals surface area (Å²) in [7, 11) is -4.14. The molecule has 1 aromatic carbocycles. The highest BCUT2D eigenvalue weighted by atomic mass is 35.5. The summed E-state index contributed by atoms with van der Waals surface area (Å²) in [6, 6.07) is 2.36. The first-order valence-electron chi connectivity index (χ1n) is 6.12. The summed E-state index contributed by atoms with van der Waals surface area (Å²) in [4.78, 5) is -0.540. The topological polar surface area (TPSA) is 66.4 Å². The summed E-state index contributed by atoms with van der Waals surface area (Å²) in [5.74, 6) is 0. The SMILES string of the molecule is O=S(=O)(NCC1(O)CCC1)c1ccc(Cl)c(C(F)(F)F)c1.